The Bertz CT molecular complexity index is 753. The van der Waals surface area contributed by atoms with E-state index in [4.69, 9.17) is 0 Å². The van der Waals surface area contributed by atoms with E-state index in [1.807, 2.05) is 6.08 Å². The summed E-state index contributed by atoms with van der Waals surface area (Å²) in [6.45, 7) is 0. The van der Waals surface area contributed by atoms with Crippen LogP contribution in [0.3, 0.4) is 0 Å². The van der Waals surface area contributed by atoms with Gasteiger partial charge in [0.05, 0.1) is 9.85 Å². The van der Waals surface area contributed by atoms with Crippen molar-refractivity contribution in [2.45, 2.75) is 0 Å². The molecule has 0 heterocycles. The first kappa shape index (κ1) is 16.7. The normalized spacial score (nSPS) is 11.5. The number of nitro groups is 2. The Hall–Kier alpha value is -2.67. The van der Waals surface area contributed by atoms with E-state index in [0.29, 0.717) is 0 Å². The van der Waals surface area contributed by atoms with E-state index >= 15 is 0 Å². The molecule has 0 aliphatic heterocycles. The third-order valence-corrected chi connectivity index (χ3v) is 4.44. The summed E-state index contributed by atoms with van der Waals surface area (Å²) in [5, 5.41) is 21.4. The van der Waals surface area contributed by atoms with Crippen LogP contribution in [-0.2, 0) is 10.9 Å². The van der Waals surface area contributed by atoms with Crippen molar-refractivity contribution in [2.75, 3.05) is 12.5 Å². The Morgan fingerprint density at radius 1 is 0.870 bits per heavy atom. The topological polar surface area (TPSA) is 86.3 Å². The van der Waals surface area contributed by atoms with Gasteiger partial charge >= 0.3 is 0 Å². The molecule has 0 saturated carbocycles. The zero-order chi connectivity index (χ0) is 17.0. The first-order valence-corrected chi connectivity index (χ1v) is 8.71. The molecule has 2 aromatic carbocycles. The van der Waals surface area contributed by atoms with E-state index in [1.54, 1.807) is 24.3 Å². The summed E-state index contributed by atoms with van der Waals surface area (Å²) in [4.78, 5) is 21.6. The number of nitrogens with zero attached hydrogens (tertiary/aromatic N) is 2. The third kappa shape index (κ3) is 4.17. The number of nitro benzene ring substituents is 2. The maximum absolute atomic E-state index is 10.7. The molecule has 6 nitrogen and oxygen atoms in total. The van der Waals surface area contributed by atoms with Gasteiger partial charge in [-0.2, -0.15) is 0 Å². The van der Waals surface area contributed by atoms with Gasteiger partial charge in [0, 0.05) is 46.8 Å². The lowest BCUT2D eigenvalue weighted by molar-refractivity contribution is -0.385. The lowest BCUT2D eigenvalue weighted by Crippen LogP contribution is -1.99. The summed E-state index contributed by atoms with van der Waals surface area (Å²) in [6, 6.07) is 12.7. The molecule has 23 heavy (non-hydrogen) atoms. The summed E-state index contributed by atoms with van der Waals surface area (Å²) >= 11 is 0. The van der Waals surface area contributed by atoms with Crippen molar-refractivity contribution in [1.82, 2.24) is 0 Å². The molecule has 0 saturated heterocycles. The minimum atomic E-state index is -0.436. The van der Waals surface area contributed by atoms with Gasteiger partial charge in [-0.1, -0.05) is 0 Å². The lowest BCUT2D eigenvalue weighted by atomic mass is 10.1. The highest BCUT2D eigenvalue weighted by molar-refractivity contribution is 8.04. The number of non-ortho nitro benzene ring substituents is 2. The van der Waals surface area contributed by atoms with Crippen molar-refractivity contribution in [3.63, 3.8) is 0 Å². The van der Waals surface area contributed by atoms with Gasteiger partial charge < -0.3 is 0 Å². The molecule has 0 fully saturated rings. The SMILES string of the molecule is C[S+](C)/C(=C/c1ccc([N+](=O)[O-])cc1)c1ccc([N+](=O)[O-])cc1. The van der Waals surface area contributed by atoms with Crippen molar-refractivity contribution < 1.29 is 9.85 Å². The molecule has 0 N–H and O–H groups in total. The van der Waals surface area contributed by atoms with E-state index in [-0.39, 0.29) is 22.3 Å². The quantitative estimate of drug-likeness (QED) is 0.360. The molecule has 0 aromatic heterocycles. The highest BCUT2D eigenvalue weighted by atomic mass is 32.2. The third-order valence-electron chi connectivity index (χ3n) is 3.20. The molecule has 0 atom stereocenters. The fourth-order valence-corrected chi connectivity index (χ4v) is 3.01. The standard InChI is InChI=1S/C16H15N2O4S/c1-23(2)16(13-5-9-15(10-6-13)18(21)22)11-12-3-7-14(8-4-12)17(19)20/h3-11H,1-2H3/q+1/b16-11+. The second-order valence-corrected chi connectivity index (χ2v) is 7.05. The zero-order valence-electron chi connectivity index (χ0n) is 12.6. The molecule has 0 aliphatic carbocycles. The summed E-state index contributed by atoms with van der Waals surface area (Å²) in [5.41, 5.74) is 1.86. The number of benzene rings is 2. The van der Waals surface area contributed by atoms with Gasteiger partial charge in [-0.05, 0) is 29.8 Å². The highest BCUT2D eigenvalue weighted by Gasteiger charge is 2.17. The number of hydrogen-bond donors (Lipinski definition) is 0. The average molecular weight is 331 g/mol. The predicted octanol–water partition coefficient (Wildman–Crippen LogP) is 3.88. The smallest absolute Gasteiger partial charge is 0.258 e. The van der Waals surface area contributed by atoms with Crippen LogP contribution >= 0.6 is 0 Å². The molecule has 0 amide bonds. The van der Waals surface area contributed by atoms with E-state index < -0.39 is 9.85 Å². The Kier molecular flexibility index (Phi) is 5.13. The van der Waals surface area contributed by atoms with E-state index in [0.717, 1.165) is 16.0 Å². The Morgan fingerprint density at radius 3 is 1.70 bits per heavy atom. The van der Waals surface area contributed by atoms with Crippen molar-refractivity contribution in [3.05, 3.63) is 79.9 Å². The van der Waals surface area contributed by atoms with E-state index in [9.17, 15) is 20.2 Å². The predicted molar refractivity (Wildman–Crippen MR) is 93.3 cm³/mol. The second kappa shape index (κ2) is 7.06. The van der Waals surface area contributed by atoms with Gasteiger partial charge in [0.15, 0.2) is 4.91 Å². The van der Waals surface area contributed by atoms with Gasteiger partial charge in [-0.3, -0.25) is 20.2 Å². The molecule has 0 bridgehead atoms. The summed E-state index contributed by atoms with van der Waals surface area (Å²) in [7, 11) is -0.0789. The van der Waals surface area contributed by atoms with Crippen molar-refractivity contribution in [2.24, 2.45) is 0 Å². The molecular formula is C16H15N2O4S+. The van der Waals surface area contributed by atoms with Gasteiger partial charge in [-0.15, -0.1) is 0 Å². The first-order valence-electron chi connectivity index (χ1n) is 6.67. The van der Waals surface area contributed by atoms with Crippen LogP contribution in [-0.4, -0.2) is 22.4 Å². The monoisotopic (exact) mass is 331 g/mol. The van der Waals surface area contributed by atoms with Crippen molar-refractivity contribution in [3.8, 4) is 0 Å². The Labute approximate surface area is 136 Å². The maximum Gasteiger partial charge on any atom is 0.269 e. The summed E-state index contributed by atoms with van der Waals surface area (Å²) in [6.07, 6.45) is 6.06. The van der Waals surface area contributed by atoms with Crippen LogP contribution in [0.2, 0.25) is 0 Å². The summed E-state index contributed by atoms with van der Waals surface area (Å²) < 4.78 is 0. The Balaban J connectivity index is 2.37. The van der Waals surface area contributed by atoms with Crippen molar-refractivity contribution in [1.29, 1.82) is 0 Å². The van der Waals surface area contributed by atoms with Gasteiger partial charge in [0.25, 0.3) is 11.4 Å². The largest absolute Gasteiger partial charge is 0.269 e. The minimum absolute atomic E-state index is 0.0473. The van der Waals surface area contributed by atoms with E-state index in [2.05, 4.69) is 12.5 Å². The highest BCUT2D eigenvalue weighted by Crippen LogP contribution is 2.26. The fraction of sp³-hybridized carbons (Fsp3) is 0.125. The molecule has 7 heteroatoms. The number of hydrogen-bond acceptors (Lipinski definition) is 4. The first-order chi connectivity index (χ1) is 10.9. The molecular weight excluding hydrogens is 316 g/mol. The molecule has 0 aliphatic rings. The maximum atomic E-state index is 10.7. The Morgan fingerprint density at radius 2 is 1.30 bits per heavy atom. The number of rotatable bonds is 5. The lowest BCUT2D eigenvalue weighted by Gasteiger charge is -2.04. The van der Waals surface area contributed by atoms with Gasteiger partial charge in [0.2, 0.25) is 0 Å². The van der Waals surface area contributed by atoms with Gasteiger partial charge in [-0.25, -0.2) is 0 Å². The molecule has 0 spiro atoms. The molecule has 2 rings (SSSR count). The van der Waals surface area contributed by atoms with Crippen LogP contribution in [0, 0.1) is 20.2 Å². The summed E-state index contributed by atoms with van der Waals surface area (Å²) in [5.74, 6) is 0. The van der Waals surface area contributed by atoms with Crippen LogP contribution in [0.5, 0.6) is 0 Å². The van der Waals surface area contributed by atoms with E-state index in [1.165, 1.54) is 24.3 Å². The fourth-order valence-electron chi connectivity index (χ4n) is 2.03. The average Bonchev–Trinajstić information content (AvgIpc) is 2.53. The van der Waals surface area contributed by atoms with Crippen LogP contribution in [0.15, 0.2) is 48.5 Å². The zero-order valence-corrected chi connectivity index (χ0v) is 13.4. The molecule has 0 radical (unpaired) electrons. The molecule has 0 unspecified atom stereocenters. The van der Waals surface area contributed by atoms with Crippen molar-refractivity contribution >= 4 is 33.3 Å². The molecule has 118 valence electrons. The second-order valence-electron chi connectivity index (χ2n) is 4.98. The van der Waals surface area contributed by atoms with Crippen LogP contribution < -0.4 is 0 Å². The minimum Gasteiger partial charge on any atom is -0.258 e. The van der Waals surface area contributed by atoms with Crippen LogP contribution in [0.1, 0.15) is 11.1 Å². The van der Waals surface area contributed by atoms with Crippen LogP contribution in [0.4, 0.5) is 11.4 Å². The van der Waals surface area contributed by atoms with Crippen LogP contribution in [0.25, 0.3) is 11.0 Å². The van der Waals surface area contributed by atoms with Gasteiger partial charge in [0.1, 0.15) is 12.5 Å². The molecule has 2 aromatic rings.